The summed E-state index contributed by atoms with van der Waals surface area (Å²) in [7, 11) is 1.63. The van der Waals surface area contributed by atoms with Crippen LogP contribution in [0.4, 0.5) is 0 Å². The summed E-state index contributed by atoms with van der Waals surface area (Å²) in [5, 5.41) is 9.76. The van der Waals surface area contributed by atoms with E-state index in [1.807, 2.05) is 12.1 Å². The third-order valence-electron chi connectivity index (χ3n) is 2.46. The van der Waals surface area contributed by atoms with E-state index in [0.717, 1.165) is 11.3 Å². The molecule has 0 spiro atoms. The number of rotatable bonds is 4. The van der Waals surface area contributed by atoms with E-state index in [4.69, 9.17) is 27.9 Å². The maximum Gasteiger partial charge on any atom is 0.137 e. The minimum atomic E-state index is -0.869. The lowest BCUT2D eigenvalue weighted by molar-refractivity contribution is 0.192. The van der Waals surface area contributed by atoms with Gasteiger partial charge in [-0.3, -0.25) is 0 Å². The predicted molar refractivity (Wildman–Crippen MR) is 67.5 cm³/mol. The zero-order chi connectivity index (χ0) is 12.3. The first-order valence-corrected chi connectivity index (χ1v) is 5.98. The largest absolute Gasteiger partial charge is 0.496 e. The number of aliphatic hydroxyl groups is 1. The van der Waals surface area contributed by atoms with Crippen LogP contribution in [0.2, 0.25) is 0 Å². The van der Waals surface area contributed by atoms with Gasteiger partial charge in [0.2, 0.25) is 0 Å². The lowest BCUT2D eigenvalue weighted by Crippen LogP contribution is -2.07. The zero-order valence-electron chi connectivity index (χ0n) is 9.58. The van der Waals surface area contributed by atoms with Gasteiger partial charge in [0.1, 0.15) is 16.7 Å². The number of hydrogen-bond acceptors (Lipinski definition) is 2. The lowest BCUT2D eigenvalue weighted by atomic mass is 9.98. The van der Waals surface area contributed by atoms with Gasteiger partial charge in [0.05, 0.1) is 7.11 Å². The Bertz CT molecular complexity index is 351. The molecule has 1 aromatic carbocycles. The Morgan fingerprint density at radius 1 is 1.25 bits per heavy atom. The molecule has 0 heterocycles. The van der Waals surface area contributed by atoms with E-state index < -0.39 is 10.9 Å². The molecule has 1 N–H and O–H groups in total. The monoisotopic (exact) mass is 262 g/mol. The van der Waals surface area contributed by atoms with Crippen LogP contribution in [0.25, 0.3) is 0 Å². The summed E-state index contributed by atoms with van der Waals surface area (Å²) >= 11 is 11.3. The molecule has 0 amide bonds. The first kappa shape index (κ1) is 13.6. The maximum atomic E-state index is 9.76. The van der Waals surface area contributed by atoms with Crippen LogP contribution < -0.4 is 4.74 Å². The van der Waals surface area contributed by atoms with Crippen molar-refractivity contribution < 1.29 is 9.84 Å². The first-order chi connectivity index (χ1) is 7.47. The minimum absolute atomic E-state index is 0.311. The zero-order valence-corrected chi connectivity index (χ0v) is 11.1. The molecule has 0 aliphatic heterocycles. The highest BCUT2D eigenvalue weighted by Gasteiger charge is 2.18. The normalized spacial score (nSPS) is 13.2. The van der Waals surface area contributed by atoms with Crippen LogP contribution in [-0.2, 0) is 0 Å². The Kier molecular flexibility index (Phi) is 4.90. The number of hydrogen-bond donors (Lipinski definition) is 1. The molecule has 1 aromatic rings. The summed E-state index contributed by atoms with van der Waals surface area (Å²) in [5.74, 6) is 1.12. The third kappa shape index (κ3) is 3.03. The van der Waals surface area contributed by atoms with Crippen LogP contribution in [0.3, 0.4) is 0 Å². The first-order valence-electron chi connectivity index (χ1n) is 5.11. The summed E-state index contributed by atoms with van der Waals surface area (Å²) in [4.78, 5) is -0.826. The molecule has 1 rings (SSSR count). The highest BCUT2D eigenvalue weighted by atomic mass is 35.5. The van der Waals surface area contributed by atoms with Gasteiger partial charge in [-0.2, -0.15) is 0 Å². The summed E-state index contributed by atoms with van der Waals surface area (Å²) in [6.45, 7) is 4.12. The fourth-order valence-corrected chi connectivity index (χ4v) is 1.82. The molecular weight excluding hydrogens is 247 g/mol. The molecule has 0 aliphatic rings. The van der Waals surface area contributed by atoms with Crippen LogP contribution in [0.5, 0.6) is 5.75 Å². The highest BCUT2D eigenvalue weighted by Crippen LogP contribution is 2.31. The molecule has 4 heteroatoms. The highest BCUT2D eigenvalue weighted by molar-refractivity contribution is 6.44. The topological polar surface area (TPSA) is 29.5 Å². The van der Waals surface area contributed by atoms with Crippen molar-refractivity contribution in [3.05, 3.63) is 29.3 Å². The molecule has 0 aromatic heterocycles. The quantitative estimate of drug-likeness (QED) is 0.840. The molecular formula is C12H16Cl2O2. The number of benzene rings is 1. The maximum absolute atomic E-state index is 9.76. The molecule has 1 unspecified atom stereocenters. The molecule has 1 atom stereocenters. The number of ether oxygens (including phenoxy) is 1. The SMILES string of the molecule is COc1ccc(C(O)C(Cl)Cl)cc1C(C)C. The predicted octanol–water partition coefficient (Wildman–Crippen LogP) is 3.66. The van der Waals surface area contributed by atoms with Gasteiger partial charge in [0, 0.05) is 0 Å². The molecule has 0 bridgehead atoms. The summed E-state index contributed by atoms with van der Waals surface area (Å²) in [5.41, 5.74) is 1.74. The van der Waals surface area contributed by atoms with Gasteiger partial charge in [0.15, 0.2) is 0 Å². The Hall–Kier alpha value is -0.440. The van der Waals surface area contributed by atoms with Crippen molar-refractivity contribution >= 4 is 23.2 Å². The molecule has 0 aliphatic carbocycles. The van der Waals surface area contributed by atoms with Crippen molar-refractivity contribution in [3.8, 4) is 5.75 Å². The number of methoxy groups -OCH3 is 1. The van der Waals surface area contributed by atoms with E-state index in [1.54, 1.807) is 13.2 Å². The molecule has 0 saturated carbocycles. The van der Waals surface area contributed by atoms with Gasteiger partial charge >= 0.3 is 0 Å². The molecule has 0 saturated heterocycles. The van der Waals surface area contributed by atoms with Gasteiger partial charge in [-0.15, -0.1) is 23.2 Å². The molecule has 0 fully saturated rings. The number of halogens is 2. The standard InChI is InChI=1S/C12H16Cl2O2/c1-7(2)9-6-8(11(15)12(13)14)4-5-10(9)16-3/h4-7,11-12,15H,1-3H3. The van der Waals surface area contributed by atoms with E-state index in [2.05, 4.69) is 13.8 Å². The summed E-state index contributed by atoms with van der Waals surface area (Å²) < 4.78 is 5.25. The second kappa shape index (κ2) is 5.76. The van der Waals surface area contributed by atoms with Crippen molar-refractivity contribution in [2.75, 3.05) is 7.11 Å². The lowest BCUT2D eigenvalue weighted by Gasteiger charge is -2.17. The molecule has 16 heavy (non-hydrogen) atoms. The van der Waals surface area contributed by atoms with Gasteiger partial charge in [0.25, 0.3) is 0 Å². The minimum Gasteiger partial charge on any atom is -0.496 e. The van der Waals surface area contributed by atoms with Crippen LogP contribution in [-0.4, -0.2) is 17.1 Å². The number of alkyl halides is 2. The van der Waals surface area contributed by atoms with E-state index in [0.29, 0.717) is 11.5 Å². The van der Waals surface area contributed by atoms with E-state index >= 15 is 0 Å². The van der Waals surface area contributed by atoms with Crippen LogP contribution >= 0.6 is 23.2 Å². The summed E-state index contributed by atoms with van der Waals surface area (Å²) in [6, 6.07) is 5.48. The second-order valence-electron chi connectivity index (χ2n) is 3.94. The Balaban J connectivity index is 3.11. The van der Waals surface area contributed by atoms with Crippen molar-refractivity contribution in [1.82, 2.24) is 0 Å². The molecule has 2 nitrogen and oxygen atoms in total. The summed E-state index contributed by atoms with van der Waals surface area (Å²) in [6.07, 6.45) is -0.869. The van der Waals surface area contributed by atoms with Crippen molar-refractivity contribution in [3.63, 3.8) is 0 Å². The third-order valence-corrected chi connectivity index (χ3v) is 2.93. The van der Waals surface area contributed by atoms with Gasteiger partial charge in [-0.1, -0.05) is 19.9 Å². The Labute approximate surface area is 106 Å². The number of aliphatic hydroxyl groups excluding tert-OH is 1. The fourth-order valence-electron chi connectivity index (χ4n) is 1.53. The Morgan fingerprint density at radius 2 is 1.88 bits per heavy atom. The van der Waals surface area contributed by atoms with Gasteiger partial charge < -0.3 is 9.84 Å². The Morgan fingerprint density at radius 3 is 2.31 bits per heavy atom. The van der Waals surface area contributed by atoms with E-state index in [-0.39, 0.29) is 0 Å². The molecule has 0 radical (unpaired) electrons. The van der Waals surface area contributed by atoms with Crippen molar-refractivity contribution in [1.29, 1.82) is 0 Å². The second-order valence-corrected chi connectivity index (χ2v) is 5.10. The van der Waals surface area contributed by atoms with Crippen molar-refractivity contribution in [2.45, 2.75) is 30.7 Å². The smallest absolute Gasteiger partial charge is 0.137 e. The van der Waals surface area contributed by atoms with Gasteiger partial charge in [-0.25, -0.2) is 0 Å². The average molecular weight is 263 g/mol. The van der Waals surface area contributed by atoms with E-state index in [9.17, 15) is 5.11 Å². The molecule has 90 valence electrons. The fraction of sp³-hybridized carbons (Fsp3) is 0.500. The van der Waals surface area contributed by atoms with Crippen LogP contribution in [0.15, 0.2) is 18.2 Å². The van der Waals surface area contributed by atoms with E-state index in [1.165, 1.54) is 0 Å². The van der Waals surface area contributed by atoms with Crippen molar-refractivity contribution in [2.24, 2.45) is 0 Å². The average Bonchev–Trinajstić information content (AvgIpc) is 2.26. The van der Waals surface area contributed by atoms with Gasteiger partial charge in [-0.05, 0) is 29.2 Å². The van der Waals surface area contributed by atoms with Crippen LogP contribution in [0, 0.1) is 0 Å². The van der Waals surface area contributed by atoms with Crippen LogP contribution in [0.1, 0.15) is 37.0 Å².